The number of hydrogen-bond acceptors (Lipinski definition) is 5. The Morgan fingerprint density at radius 2 is 0.488 bits per heavy atom. The maximum Gasteiger partial charge on any atom is 0.0819 e. The van der Waals surface area contributed by atoms with Gasteiger partial charge >= 0.3 is 0 Å². The van der Waals surface area contributed by atoms with Gasteiger partial charge in [0.1, 0.15) is 0 Å². The molecular weight excluding hydrogens is 512 g/mol. The van der Waals surface area contributed by atoms with Crippen LogP contribution in [0.25, 0.3) is 0 Å². The van der Waals surface area contributed by atoms with Crippen LogP contribution < -0.4 is 0 Å². The van der Waals surface area contributed by atoms with Gasteiger partial charge < -0.3 is 4.74 Å². The number of hydrogen-bond donors (Lipinski definition) is 2. The number of unbranched alkanes of at least 4 members (excludes halogenated alkanes) is 24. The number of rotatable bonds is 36. The Morgan fingerprint density at radius 3 is 0.756 bits per heavy atom. The zero-order valence-electron chi connectivity index (χ0n) is 27.1. The Kier molecular flexibility index (Phi) is 38.6. The molecule has 0 heterocycles. The van der Waals surface area contributed by atoms with Gasteiger partial charge in [0.2, 0.25) is 0 Å². The van der Waals surface area contributed by atoms with E-state index in [1.165, 1.54) is 154 Å². The standard InChI is InChI=1S/C36H70O5/c37-40-35-31-27-23-19-15-11-7-3-1-5-9-13-17-21-25-29-33-39-34-30-26-22-18-14-10-6-2-4-8-12-16-20-24-28-32-36-41-38/h1-4,37-38H,5-36H2. The van der Waals surface area contributed by atoms with Crippen molar-refractivity contribution in [2.24, 2.45) is 0 Å². The molecule has 0 radical (unpaired) electrons. The SMILES string of the molecule is OOCCCCCCCCC=CCCCCCCCCOCCCCCCCCC=CCCCCCCCCOO. The van der Waals surface area contributed by atoms with Gasteiger partial charge in [0.05, 0.1) is 13.2 Å². The van der Waals surface area contributed by atoms with Crippen molar-refractivity contribution in [3.05, 3.63) is 24.3 Å². The fourth-order valence-electron chi connectivity index (χ4n) is 5.19. The molecular formula is C36H70O5. The van der Waals surface area contributed by atoms with E-state index in [0.29, 0.717) is 13.2 Å². The highest BCUT2D eigenvalue weighted by Crippen LogP contribution is 2.12. The van der Waals surface area contributed by atoms with E-state index < -0.39 is 0 Å². The molecule has 0 bridgehead atoms. The monoisotopic (exact) mass is 583 g/mol. The number of allylic oxidation sites excluding steroid dienone is 4. The Bertz CT molecular complexity index is 464. The highest BCUT2D eigenvalue weighted by atomic mass is 17.1. The van der Waals surface area contributed by atoms with E-state index in [4.69, 9.17) is 15.3 Å². The van der Waals surface area contributed by atoms with E-state index in [9.17, 15) is 0 Å². The topological polar surface area (TPSA) is 68.2 Å². The van der Waals surface area contributed by atoms with Crippen molar-refractivity contribution in [2.45, 2.75) is 180 Å². The lowest BCUT2D eigenvalue weighted by molar-refractivity contribution is -0.242. The van der Waals surface area contributed by atoms with Crippen LogP contribution in [0.3, 0.4) is 0 Å². The normalized spacial score (nSPS) is 12.0. The minimum atomic E-state index is 0.478. The summed E-state index contributed by atoms with van der Waals surface area (Å²) in [6.07, 6.45) is 45.1. The average molecular weight is 583 g/mol. The zero-order valence-corrected chi connectivity index (χ0v) is 27.1. The van der Waals surface area contributed by atoms with Crippen LogP contribution >= 0.6 is 0 Å². The predicted octanol–water partition coefficient (Wildman–Crippen LogP) is 12.0. The van der Waals surface area contributed by atoms with Crippen molar-refractivity contribution in [1.82, 2.24) is 0 Å². The van der Waals surface area contributed by atoms with Crippen LogP contribution in [0.1, 0.15) is 180 Å². The Morgan fingerprint density at radius 1 is 0.268 bits per heavy atom. The molecule has 0 fully saturated rings. The molecule has 0 saturated heterocycles. The van der Waals surface area contributed by atoms with Crippen molar-refractivity contribution in [2.75, 3.05) is 26.4 Å². The second kappa shape index (κ2) is 39.3. The zero-order chi connectivity index (χ0) is 29.6. The number of ether oxygens (including phenoxy) is 1. The molecule has 0 aliphatic rings. The Balaban J connectivity index is 3.11. The molecule has 244 valence electrons. The molecule has 0 aromatic heterocycles. The first-order valence-electron chi connectivity index (χ1n) is 17.8. The lowest BCUT2D eigenvalue weighted by Gasteiger charge is -2.05. The fraction of sp³-hybridized carbons (Fsp3) is 0.889. The molecule has 0 aliphatic carbocycles. The fourth-order valence-corrected chi connectivity index (χ4v) is 5.19. The second-order valence-corrected chi connectivity index (χ2v) is 11.9. The van der Waals surface area contributed by atoms with E-state index in [-0.39, 0.29) is 0 Å². The molecule has 0 atom stereocenters. The summed E-state index contributed by atoms with van der Waals surface area (Å²) in [6.45, 7) is 2.86. The maximum absolute atomic E-state index is 8.28. The lowest BCUT2D eigenvalue weighted by Crippen LogP contribution is -1.97. The van der Waals surface area contributed by atoms with Crippen LogP contribution in [-0.4, -0.2) is 36.9 Å². The molecule has 0 saturated carbocycles. The van der Waals surface area contributed by atoms with Gasteiger partial charge in [-0.3, -0.25) is 10.5 Å². The summed E-state index contributed by atoms with van der Waals surface area (Å²) in [6, 6.07) is 0. The van der Waals surface area contributed by atoms with Gasteiger partial charge in [0, 0.05) is 13.2 Å². The summed E-state index contributed by atoms with van der Waals surface area (Å²) >= 11 is 0. The van der Waals surface area contributed by atoms with Gasteiger partial charge in [-0.1, -0.05) is 127 Å². The molecule has 5 nitrogen and oxygen atoms in total. The summed E-state index contributed by atoms with van der Waals surface area (Å²) in [5.41, 5.74) is 0. The quantitative estimate of drug-likeness (QED) is 0.0333. The highest BCUT2D eigenvalue weighted by Gasteiger charge is 1.95. The minimum Gasteiger partial charge on any atom is -0.381 e. The van der Waals surface area contributed by atoms with Crippen molar-refractivity contribution < 1.29 is 25.0 Å². The third kappa shape index (κ3) is 39.3. The second-order valence-electron chi connectivity index (χ2n) is 11.9. The van der Waals surface area contributed by atoms with E-state index in [1.54, 1.807) is 0 Å². The van der Waals surface area contributed by atoms with Crippen molar-refractivity contribution >= 4 is 0 Å². The van der Waals surface area contributed by atoms with Crippen LogP contribution in [0.15, 0.2) is 24.3 Å². The van der Waals surface area contributed by atoms with Crippen LogP contribution in [0.4, 0.5) is 0 Å². The minimum absolute atomic E-state index is 0.478. The van der Waals surface area contributed by atoms with Crippen molar-refractivity contribution in [1.29, 1.82) is 0 Å². The lowest BCUT2D eigenvalue weighted by atomic mass is 10.1. The molecule has 2 N–H and O–H groups in total. The van der Waals surface area contributed by atoms with E-state index in [0.717, 1.165) is 38.9 Å². The third-order valence-corrected chi connectivity index (χ3v) is 7.87. The van der Waals surface area contributed by atoms with E-state index in [2.05, 4.69) is 34.1 Å². The average Bonchev–Trinajstić information content (AvgIpc) is 2.98. The van der Waals surface area contributed by atoms with E-state index in [1.807, 2.05) is 0 Å². The predicted molar refractivity (Wildman–Crippen MR) is 176 cm³/mol. The summed E-state index contributed by atoms with van der Waals surface area (Å²) in [4.78, 5) is 8.19. The van der Waals surface area contributed by atoms with Gasteiger partial charge in [0.15, 0.2) is 0 Å². The first-order valence-corrected chi connectivity index (χ1v) is 17.8. The van der Waals surface area contributed by atoms with Crippen LogP contribution in [0.5, 0.6) is 0 Å². The Hall–Kier alpha value is -0.720. The van der Waals surface area contributed by atoms with Crippen molar-refractivity contribution in [3.8, 4) is 0 Å². The van der Waals surface area contributed by atoms with Gasteiger partial charge in [-0.2, -0.15) is 0 Å². The molecule has 0 aromatic carbocycles. The van der Waals surface area contributed by atoms with Gasteiger partial charge in [0.25, 0.3) is 0 Å². The molecule has 0 amide bonds. The summed E-state index contributed by atoms with van der Waals surface area (Å²) in [5, 5.41) is 16.6. The van der Waals surface area contributed by atoms with Crippen LogP contribution in [-0.2, 0) is 14.5 Å². The smallest absolute Gasteiger partial charge is 0.0819 e. The third-order valence-electron chi connectivity index (χ3n) is 7.87. The van der Waals surface area contributed by atoms with Gasteiger partial charge in [-0.05, 0) is 77.0 Å². The molecule has 0 spiro atoms. The van der Waals surface area contributed by atoms with Gasteiger partial charge in [-0.25, -0.2) is 9.78 Å². The first kappa shape index (κ1) is 40.3. The Labute approximate surface area is 255 Å². The van der Waals surface area contributed by atoms with E-state index >= 15 is 0 Å². The van der Waals surface area contributed by atoms with Crippen LogP contribution in [0, 0.1) is 0 Å². The van der Waals surface area contributed by atoms with Crippen LogP contribution in [0.2, 0.25) is 0 Å². The maximum atomic E-state index is 8.28. The molecule has 5 heteroatoms. The largest absolute Gasteiger partial charge is 0.381 e. The molecule has 0 unspecified atom stereocenters. The summed E-state index contributed by atoms with van der Waals surface area (Å²) in [7, 11) is 0. The van der Waals surface area contributed by atoms with Crippen molar-refractivity contribution in [3.63, 3.8) is 0 Å². The highest BCUT2D eigenvalue weighted by molar-refractivity contribution is 4.82. The molecule has 0 rings (SSSR count). The summed E-state index contributed by atoms with van der Waals surface area (Å²) in [5.74, 6) is 0. The first-order chi connectivity index (χ1) is 20.4. The molecule has 41 heavy (non-hydrogen) atoms. The van der Waals surface area contributed by atoms with Gasteiger partial charge in [-0.15, -0.1) is 0 Å². The summed E-state index contributed by atoms with van der Waals surface area (Å²) < 4.78 is 5.85. The molecule has 0 aromatic rings. The molecule has 0 aliphatic heterocycles.